The molecule has 0 amide bonds. The van der Waals surface area contributed by atoms with Gasteiger partial charge in [0.05, 0.1) is 6.04 Å². The van der Waals surface area contributed by atoms with Crippen molar-refractivity contribution in [3.63, 3.8) is 0 Å². The van der Waals surface area contributed by atoms with Gasteiger partial charge in [0.15, 0.2) is 0 Å². The second-order valence-electron chi connectivity index (χ2n) is 3.29. The molecule has 1 aromatic heterocycles. The van der Waals surface area contributed by atoms with Crippen molar-refractivity contribution in [2.75, 3.05) is 6.54 Å². The molecular weight excluding hydrogens is 174 g/mol. The number of rotatable bonds is 5. The summed E-state index contributed by atoms with van der Waals surface area (Å²) in [5.41, 5.74) is 0. The van der Waals surface area contributed by atoms with Crippen LogP contribution in [0.25, 0.3) is 0 Å². The monoisotopic (exact) mass is 191 g/mol. The Balaban J connectivity index is 2.29. The van der Waals surface area contributed by atoms with Crippen molar-refractivity contribution in [2.45, 2.75) is 25.8 Å². The number of nitrogens with one attached hydrogen (secondary N) is 1. The van der Waals surface area contributed by atoms with E-state index in [1.807, 2.05) is 24.0 Å². The Kier molecular flexibility index (Phi) is 4.21. The van der Waals surface area contributed by atoms with Crippen LogP contribution in [0.5, 0.6) is 0 Å². The van der Waals surface area contributed by atoms with E-state index in [-0.39, 0.29) is 6.04 Å². The molecule has 0 aliphatic rings. The molecule has 1 aromatic rings. The summed E-state index contributed by atoms with van der Waals surface area (Å²) in [4.78, 5) is 4.24. The molecular formula is C11H17N3. The van der Waals surface area contributed by atoms with Crippen molar-refractivity contribution in [3.8, 4) is 12.3 Å². The van der Waals surface area contributed by atoms with Crippen LogP contribution in [0.2, 0.25) is 0 Å². The van der Waals surface area contributed by atoms with Gasteiger partial charge >= 0.3 is 0 Å². The van der Waals surface area contributed by atoms with E-state index >= 15 is 0 Å². The molecule has 0 radical (unpaired) electrons. The molecule has 14 heavy (non-hydrogen) atoms. The van der Waals surface area contributed by atoms with E-state index in [4.69, 9.17) is 6.42 Å². The van der Waals surface area contributed by atoms with Crippen molar-refractivity contribution in [1.29, 1.82) is 0 Å². The van der Waals surface area contributed by atoms with E-state index in [0.717, 1.165) is 25.2 Å². The summed E-state index contributed by atoms with van der Waals surface area (Å²) in [5, 5.41) is 3.30. The maximum Gasteiger partial charge on any atom is 0.109 e. The van der Waals surface area contributed by atoms with Gasteiger partial charge in [0.25, 0.3) is 0 Å². The predicted molar refractivity (Wildman–Crippen MR) is 57.8 cm³/mol. The molecule has 0 aromatic carbocycles. The minimum absolute atomic E-state index is 0.190. The zero-order chi connectivity index (χ0) is 10.4. The molecule has 0 saturated heterocycles. The zero-order valence-electron chi connectivity index (χ0n) is 8.83. The molecule has 1 rings (SSSR count). The number of aryl methyl sites for hydroxylation is 1. The lowest BCUT2D eigenvalue weighted by Crippen LogP contribution is -2.29. The lowest BCUT2D eigenvalue weighted by Gasteiger charge is -2.09. The Morgan fingerprint density at radius 2 is 2.50 bits per heavy atom. The van der Waals surface area contributed by atoms with Crippen LogP contribution in [0.1, 0.15) is 19.2 Å². The minimum atomic E-state index is 0.190. The highest BCUT2D eigenvalue weighted by molar-refractivity contribution is 4.99. The van der Waals surface area contributed by atoms with E-state index in [0.29, 0.717) is 0 Å². The van der Waals surface area contributed by atoms with Gasteiger partial charge in [0.2, 0.25) is 0 Å². The van der Waals surface area contributed by atoms with Crippen LogP contribution in [-0.4, -0.2) is 22.1 Å². The summed E-state index contributed by atoms with van der Waals surface area (Å²) >= 11 is 0. The third kappa shape index (κ3) is 2.90. The quantitative estimate of drug-likeness (QED) is 0.703. The van der Waals surface area contributed by atoms with Crippen molar-refractivity contribution < 1.29 is 0 Å². The van der Waals surface area contributed by atoms with Crippen molar-refractivity contribution in [1.82, 2.24) is 14.9 Å². The average molecular weight is 191 g/mol. The van der Waals surface area contributed by atoms with Crippen LogP contribution in [0.4, 0.5) is 0 Å². The molecule has 1 heterocycles. The minimum Gasteiger partial charge on any atom is -0.338 e. The summed E-state index contributed by atoms with van der Waals surface area (Å²) in [7, 11) is 2.00. The molecule has 3 heteroatoms. The first-order valence-corrected chi connectivity index (χ1v) is 4.93. The molecule has 3 nitrogen and oxygen atoms in total. The topological polar surface area (TPSA) is 29.9 Å². The second-order valence-corrected chi connectivity index (χ2v) is 3.29. The molecule has 0 spiro atoms. The molecule has 1 unspecified atom stereocenters. The standard InChI is InChI=1S/C11H17N3/c1-4-10(5-2)12-7-6-11-13-8-9-14(11)3/h1,8-10,12H,5-7H2,2-3H3. The highest BCUT2D eigenvalue weighted by atomic mass is 15.0. The summed E-state index contributed by atoms with van der Waals surface area (Å²) in [6.07, 6.45) is 11.0. The third-order valence-electron chi connectivity index (χ3n) is 2.27. The highest BCUT2D eigenvalue weighted by Gasteiger charge is 2.02. The SMILES string of the molecule is C#CC(CC)NCCc1nccn1C. The Bertz CT molecular complexity index is 309. The fourth-order valence-electron chi connectivity index (χ4n) is 1.32. The number of nitrogens with zero attached hydrogens (tertiary/aromatic N) is 2. The first-order chi connectivity index (χ1) is 6.77. The molecule has 0 aliphatic carbocycles. The van der Waals surface area contributed by atoms with Crippen LogP contribution >= 0.6 is 0 Å². The third-order valence-corrected chi connectivity index (χ3v) is 2.27. The van der Waals surface area contributed by atoms with Gasteiger partial charge in [-0.3, -0.25) is 0 Å². The summed E-state index contributed by atoms with van der Waals surface area (Å²) in [5.74, 6) is 3.80. The van der Waals surface area contributed by atoms with Crippen LogP contribution in [0.3, 0.4) is 0 Å². The number of hydrogen-bond acceptors (Lipinski definition) is 2. The molecule has 0 aliphatic heterocycles. The first-order valence-electron chi connectivity index (χ1n) is 4.93. The maximum absolute atomic E-state index is 5.34. The Hall–Kier alpha value is -1.27. The molecule has 76 valence electrons. The van der Waals surface area contributed by atoms with Gasteiger partial charge in [-0.25, -0.2) is 4.98 Å². The van der Waals surface area contributed by atoms with Gasteiger partial charge in [-0.1, -0.05) is 12.8 Å². The average Bonchev–Trinajstić information content (AvgIpc) is 2.59. The van der Waals surface area contributed by atoms with Gasteiger partial charge in [0.1, 0.15) is 5.82 Å². The Morgan fingerprint density at radius 3 is 3.00 bits per heavy atom. The van der Waals surface area contributed by atoms with E-state index in [1.54, 1.807) is 0 Å². The van der Waals surface area contributed by atoms with Gasteiger partial charge in [0, 0.05) is 32.4 Å². The predicted octanol–water partition coefficient (Wildman–Crippen LogP) is 0.964. The van der Waals surface area contributed by atoms with Crippen LogP contribution < -0.4 is 5.32 Å². The van der Waals surface area contributed by atoms with E-state index in [2.05, 4.69) is 23.1 Å². The van der Waals surface area contributed by atoms with Crippen LogP contribution in [0, 0.1) is 12.3 Å². The van der Waals surface area contributed by atoms with Crippen LogP contribution in [-0.2, 0) is 13.5 Å². The fourth-order valence-corrected chi connectivity index (χ4v) is 1.32. The van der Waals surface area contributed by atoms with Crippen LogP contribution in [0.15, 0.2) is 12.4 Å². The van der Waals surface area contributed by atoms with E-state index in [9.17, 15) is 0 Å². The number of terminal acetylenes is 1. The summed E-state index contributed by atoms with van der Waals surface area (Å²) < 4.78 is 2.03. The molecule has 0 bridgehead atoms. The lowest BCUT2D eigenvalue weighted by atomic mass is 10.2. The Morgan fingerprint density at radius 1 is 1.71 bits per heavy atom. The summed E-state index contributed by atoms with van der Waals surface area (Å²) in [6.45, 7) is 2.96. The maximum atomic E-state index is 5.34. The second kappa shape index (κ2) is 5.46. The number of hydrogen-bond donors (Lipinski definition) is 1. The smallest absolute Gasteiger partial charge is 0.109 e. The van der Waals surface area contributed by atoms with Crippen molar-refractivity contribution in [2.24, 2.45) is 7.05 Å². The number of imidazole rings is 1. The zero-order valence-corrected chi connectivity index (χ0v) is 8.83. The van der Waals surface area contributed by atoms with Gasteiger partial charge in [-0.2, -0.15) is 0 Å². The largest absolute Gasteiger partial charge is 0.338 e. The summed E-state index contributed by atoms with van der Waals surface area (Å²) in [6, 6.07) is 0.190. The molecule has 1 N–H and O–H groups in total. The molecule has 1 atom stereocenters. The van der Waals surface area contributed by atoms with Crippen molar-refractivity contribution in [3.05, 3.63) is 18.2 Å². The van der Waals surface area contributed by atoms with E-state index in [1.165, 1.54) is 0 Å². The first kappa shape index (κ1) is 10.8. The van der Waals surface area contributed by atoms with Gasteiger partial charge in [-0.15, -0.1) is 6.42 Å². The van der Waals surface area contributed by atoms with Gasteiger partial charge in [-0.05, 0) is 6.42 Å². The fraction of sp³-hybridized carbons (Fsp3) is 0.545. The highest BCUT2D eigenvalue weighted by Crippen LogP contribution is 1.95. The lowest BCUT2D eigenvalue weighted by molar-refractivity contribution is 0.581. The normalized spacial score (nSPS) is 12.4. The van der Waals surface area contributed by atoms with Gasteiger partial charge < -0.3 is 9.88 Å². The Labute approximate surface area is 85.5 Å². The van der Waals surface area contributed by atoms with Crippen molar-refractivity contribution >= 4 is 0 Å². The molecule has 0 fully saturated rings. The molecule has 0 saturated carbocycles. The number of aromatic nitrogens is 2. The van der Waals surface area contributed by atoms with E-state index < -0.39 is 0 Å².